The summed E-state index contributed by atoms with van der Waals surface area (Å²) in [5.74, 6) is 1.73. The van der Waals surface area contributed by atoms with E-state index in [1.807, 2.05) is 26.8 Å². The molecule has 0 aromatic carbocycles. The molecule has 1 fully saturated rings. The van der Waals surface area contributed by atoms with E-state index in [0.29, 0.717) is 13.1 Å². The summed E-state index contributed by atoms with van der Waals surface area (Å²) in [7, 11) is 0. The molecule has 0 bridgehead atoms. The fraction of sp³-hybridized carbons (Fsp3) is 0.714. The molecule has 6 heteroatoms. The smallest absolute Gasteiger partial charge is 0.401 e. The molecule has 1 aliphatic rings. The fourth-order valence-electron chi connectivity index (χ4n) is 2.89. The maximum Gasteiger partial charge on any atom is 0.401 e. The van der Waals surface area contributed by atoms with Gasteiger partial charge in [0.1, 0.15) is 11.5 Å². The highest BCUT2D eigenvalue weighted by atomic mass is 19.4. The van der Waals surface area contributed by atoms with E-state index in [2.05, 4.69) is 5.32 Å². The zero-order chi connectivity index (χ0) is 14.9. The lowest BCUT2D eigenvalue weighted by molar-refractivity contribution is -0.143. The van der Waals surface area contributed by atoms with Gasteiger partial charge in [0, 0.05) is 30.7 Å². The third-order valence-electron chi connectivity index (χ3n) is 3.71. The van der Waals surface area contributed by atoms with Crippen LogP contribution in [0, 0.1) is 13.8 Å². The summed E-state index contributed by atoms with van der Waals surface area (Å²) in [5.41, 5.74) is 1.08. The highest BCUT2D eigenvalue weighted by molar-refractivity contribution is 5.23. The van der Waals surface area contributed by atoms with Crippen LogP contribution < -0.4 is 5.32 Å². The van der Waals surface area contributed by atoms with Gasteiger partial charge >= 0.3 is 6.18 Å². The van der Waals surface area contributed by atoms with Crippen molar-refractivity contribution in [1.29, 1.82) is 0 Å². The van der Waals surface area contributed by atoms with Gasteiger partial charge in [-0.15, -0.1) is 0 Å². The Balaban J connectivity index is 1.87. The molecular formula is C14H21F3N2O. The summed E-state index contributed by atoms with van der Waals surface area (Å²) in [6.07, 6.45) is -3.37. The Bertz CT molecular complexity index is 456. The maximum absolute atomic E-state index is 12.3. The lowest BCUT2D eigenvalue weighted by Crippen LogP contribution is -2.37. The molecule has 0 spiro atoms. The van der Waals surface area contributed by atoms with E-state index in [0.717, 1.165) is 23.5 Å². The van der Waals surface area contributed by atoms with Gasteiger partial charge in [-0.2, -0.15) is 13.2 Å². The van der Waals surface area contributed by atoms with Gasteiger partial charge in [-0.05, 0) is 33.3 Å². The summed E-state index contributed by atoms with van der Waals surface area (Å²) >= 11 is 0. The lowest BCUT2D eigenvalue weighted by Gasteiger charge is -2.21. The van der Waals surface area contributed by atoms with Crippen molar-refractivity contribution in [1.82, 2.24) is 10.2 Å². The Hall–Kier alpha value is -1.01. The zero-order valence-corrected chi connectivity index (χ0v) is 12.0. The Labute approximate surface area is 117 Å². The van der Waals surface area contributed by atoms with Crippen LogP contribution in [-0.2, 0) is 0 Å². The summed E-state index contributed by atoms with van der Waals surface area (Å²) in [5, 5.41) is 3.40. The minimum Gasteiger partial charge on any atom is -0.466 e. The third kappa shape index (κ3) is 3.99. The maximum atomic E-state index is 12.3. The van der Waals surface area contributed by atoms with Gasteiger partial charge in [0.05, 0.1) is 6.54 Å². The lowest BCUT2D eigenvalue weighted by atomic mass is 10.1. The van der Waals surface area contributed by atoms with Crippen LogP contribution in [0.5, 0.6) is 0 Å². The SMILES string of the molecule is Cc1cc([C@H](C)N[C@H]2CCN(CC(F)(F)F)C2)c(C)o1. The van der Waals surface area contributed by atoms with Crippen LogP contribution in [0.3, 0.4) is 0 Å². The Morgan fingerprint density at radius 3 is 2.70 bits per heavy atom. The topological polar surface area (TPSA) is 28.4 Å². The highest BCUT2D eigenvalue weighted by Gasteiger charge is 2.34. The number of hydrogen-bond acceptors (Lipinski definition) is 3. The van der Waals surface area contributed by atoms with Crippen molar-refractivity contribution in [3.63, 3.8) is 0 Å². The number of halogens is 3. The fourth-order valence-corrected chi connectivity index (χ4v) is 2.89. The van der Waals surface area contributed by atoms with Crippen molar-refractivity contribution >= 4 is 0 Å². The second kappa shape index (κ2) is 5.77. The average molecular weight is 290 g/mol. The summed E-state index contributed by atoms with van der Waals surface area (Å²) in [6.45, 7) is 5.94. The quantitative estimate of drug-likeness (QED) is 0.923. The van der Waals surface area contributed by atoms with E-state index in [9.17, 15) is 13.2 Å². The van der Waals surface area contributed by atoms with Gasteiger partial charge in [-0.1, -0.05) is 0 Å². The molecule has 2 heterocycles. The van der Waals surface area contributed by atoms with Crippen LogP contribution in [0.15, 0.2) is 10.5 Å². The third-order valence-corrected chi connectivity index (χ3v) is 3.71. The number of nitrogens with one attached hydrogen (secondary N) is 1. The number of hydrogen-bond donors (Lipinski definition) is 1. The standard InChI is InChI=1S/C14H21F3N2O/c1-9-6-13(11(3)20-9)10(2)18-12-4-5-19(7-12)8-14(15,16)17/h6,10,12,18H,4-5,7-8H2,1-3H3/t10-,12-/m0/s1. The van der Waals surface area contributed by atoms with Crippen molar-refractivity contribution < 1.29 is 17.6 Å². The Morgan fingerprint density at radius 1 is 1.45 bits per heavy atom. The Kier molecular flexibility index (Phi) is 4.44. The van der Waals surface area contributed by atoms with Gasteiger partial charge in [0.25, 0.3) is 0 Å². The molecule has 1 saturated heterocycles. The van der Waals surface area contributed by atoms with E-state index >= 15 is 0 Å². The molecule has 2 atom stereocenters. The number of alkyl halides is 3. The molecule has 1 aromatic heterocycles. The van der Waals surface area contributed by atoms with Crippen LogP contribution in [0.4, 0.5) is 13.2 Å². The number of aryl methyl sites for hydroxylation is 2. The molecule has 1 aliphatic heterocycles. The van der Waals surface area contributed by atoms with Crippen molar-refractivity contribution in [2.24, 2.45) is 0 Å². The Morgan fingerprint density at radius 2 is 2.15 bits per heavy atom. The largest absolute Gasteiger partial charge is 0.466 e. The normalized spacial score (nSPS) is 22.4. The average Bonchev–Trinajstić information content (AvgIpc) is 2.83. The van der Waals surface area contributed by atoms with Gasteiger partial charge < -0.3 is 9.73 Å². The van der Waals surface area contributed by atoms with Crippen LogP contribution in [0.25, 0.3) is 0 Å². The second-order valence-electron chi connectivity index (χ2n) is 5.59. The van der Waals surface area contributed by atoms with E-state index < -0.39 is 12.7 Å². The number of likely N-dealkylation sites (tertiary alicyclic amines) is 1. The van der Waals surface area contributed by atoms with E-state index in [-0.39, 0.29) is 12.1 Å². The van der Waals surface area contributed by atoms with Crippen LogP contribution in [0.2, 0.25) is 0 Å². The van der Waals surface area contributed by atoms with Crippen molar-refractivity contribution in [2.45, 2.75) is 45.5 Å². The van der Waals surface area contributed by atoms with Gasteiger partial charge in [-0.3, -0.25) is 4.90 Å². The summed E-state index contributed by atoms with van der Waals surface area (Å²) in [4.78, 5) is 1.46. The van der Waals surface area contributed by atoms with Gasteiger partial charge in [-0.25, -0.2) is 0 Å². The van der Waals surface area contributed by atoms with Crippen molar-refractivity contribution in [3.8, 4) is 0 Å². The number of nitrogens with zero attached hydrogens (tertiary/aromatic N) is 1. The van der Waals surface area contributed by atoms with E-state index in [4.69, 9.17) is 4.42 Å². The monoisotopic (exact) mass is 290 g/mol. The van der Waals surface area contributed by atoms with Crippen molar-refractivity contribution in [3.05, 3.63) is 23.2 Å². The molecule has 3 nitrogen and oxygen atoms in total. The minimum atomic E-state index is -4.11. The van der Waals surface area contributed by atoms with Crippen LogP contribution in [-0.4, -0.2) is 36.8 Å². The van der Waals surface area contributed by atoms with Gasteiger partial charge in [0.15, 0.2) is 0 Å². The molecule has 0 unspecified atom stereocenters. The van der Waals surface area contributed by atoms with E-state index in [1.165, 1.54) is 4.90 Å². The highest BCUT2D eigenvalue weighted by Crippen LogP contribution is 2.24. The predicted molar refractivity (Wildman–Crippen MR) is 70.6 cm³/mol. The van der Waals surface area contributed by atoms with Crippen molar-refractivity contribution in [2.75, 3.05) is 19.6 Å². The zero-order valence-electron chi connectivity index (χ0n) is 12.0. The molecule has 0 radical (unpaired) electrons. The van der Waals surface area contributed by atoms with Crippen LogP contribution in [0.1, 0.15) is 36.5 Å². The molecular weight excluding hydrogens is 269 g/mol. The molecule has 20 heavy (non-hydrogen) atoms. The second-order valence-corrected chi connectivity index (χ2v) is 5.59. The number of furan rings is 1. The minimum absolute atomic E-state index is 0.0864. The molecule has 1 N–H and O–H groups in total. The van der Waals surface area contributed by atoms with Crippen LogP contribution >= 0.6 is 0 Å². The van der Waals surface area contributed by atoms with E-state index in [1.54, 1.807) is 0 Å². The predicted octanol–water partition coefficient (Wildman–Crippen LogP) is 3.18. The molecule has 0 aliphatic carbocycles. The molecule has 0 amide bonds. The first-order chi connectivity index (χ1) is 9.24. The van der Waals surface area contributed by atoms with Gasteiger partial charge in [0.2, 0.25) is 0 Å². The molecule has 1 aromatic rings. The first-order valence-corrected chi connectivity index (χ1v) is 6.86. The molecule has 0 saturated carbocycles. The summed E-state index contributed by atoms with van der Waals surface area (Å²) in [6, 6.07) is 2.17. The number of rotatable bonds is 4. The summed E-state index contributed by atoms with van der Waals surface area (Å²) < 4.78 is 42.5. The first kappa shape index (κ1) is 15.4. The molecule has 2 rings (SSSR count). The molecule has 114 valence electrons. The first-order valence-electron chi connectivity index (χ1n) is 6.86.